The molecule has 0 amide bonds. The number of carbonyl (C=O) groups is 4. The topological polar surface area (TPSA) is 129 Å². The van der Waals surface area contributed by atoms with Gasteiger partial charge in [-0.05, 0) is 74.8 Å². The molecule has 0 bridgehead atoms. The normalized spacial score (nSPS) is 18.5. The number of rotatable bonds is 10. The van der Waals surface area contributed by atoms with E-state index in [0.717, 1.165) is 5.56 Å². The van der Waals surface area contributed by atoms with Crippen LogP contribution in [0.25, 0.3) is 0 Å². The summed E-state index contributed by atoms with van der Waals surface area (Å²) in [4.78, 5) is 59.7. The molecule has 12 nitrogen and oxygen atoms in total. The molecule has 0 aromatic heterocycles. The first-order chi connectivity index (χ1) is 22.0. The van der Waals surface area contributed by atoms with Crippen molar-refractivity contribution in [3.05, 3.63) is 35.9 Å². The smallest absolute Gasteiger partial charge is 0.324 e. The number of carboxylic acid groups (broad SMARTS) is 1. The van der Waals surface area contributed by atoms with Crippen LogP contribution in [0.15, 0.2) is 30.3 Å². The lowest BCUT2D eigenvalue weighted by molar-refractivity contribution is -0.159. The van der Waals surface area contributed by atoms with Gasteiger partial charge in [-0.2, -0.15) is 0 Å². The zero-order valence-corrected chi connectivity index (χ0v) is 31.0. The van der Waals surface area contributed by atoms with Crippen LogP contribution >= 0.6 is 0 Å². The largest absolute Gasteiger partial charge is 0.480 e. The average molecular weight is 677 g/mol. The minimum atomic E-state index is -1.27. The molecule has 1 unspecified atom stereocenters. The summed E-state index contributed by atoms with van der Waals surface area (Å²) in [5.41, 5.74) is -2.35. The Morgan fingerprint density at radius 3 is 1.17 bits per heavy atom. The van der Waals surface area contributed by atoms with Crippen LogP contribution in [0.1, 0.15) is 74.8 Å². The van der Waals surface area contributed by atoms with Crippen LogP contribution in [0.3, 0.4) is 0 Å². The fraction of sp³-hybridized carbons (Fsp3) is 0.722. The molecule has 0 radical (unpaired) electrons. The molecule has 0 saturated carbocycles. The van der Waals surface area contributed by atoms with E-state index in [1.807, 2.05) is 112 Å². The molecule has 48 heavy (non-hydrogen) atoms. The van der Waals surface area contributed by atoms with Crippen molar-refractivity contribution in [1.82, 2.24) is 19.6 Å². The van der Waals surface area contributed by atoms with E-state index in [4.69, 9.17) is 14.2 Å². The standard InChI is InChI=1S/C36H60N4O8/c1-33(2,3)46-29(41)25-37-16-18-38(26-30(42)47-34(4,5)6)20-22-40(36(10,32(44)45)24-28-14-12-11-13-15-28)23-21-39(19-17-37)27-31(43)48-35(7,8)9/h11-15H,16-27H2,1-10H3,(H,44,45). The quantitative estimate of drug-likeness (QED) is 0.288. The molecule has 12 heteroatoms. The summed E-state index contributed by atoms with van der Waals surface area (Å²) in [6.07, 6.45) is 0.269. The number of hydrogen-bond donors (Lipinski definition) is 1. The lowest BCUT2D eigenvalue weighted by Gasteiger charge is -2.41. The molecule has 1 aromatic rings. The highest BCUT2D eigenvalue weighted by Gasteiger charge is 2.40. The minimum absolute atomic E-state index is 0.0125. The van der Waals surface area contributed by atoms with Gasteiger partial charge in [-0.15, -0.1) is 0 Å². The predicted molar refractivity (Wildman–Crippen MR) is 185 cm³/mol. The molecule has 0 aliphatic carbocycles. The first-order valence-electron chi connectivity index (χ1n) is 16.9. The van der Waals surface area contributed by atoms with Crippen molar-refractivity contribution in [3.63, 3.8) is 0 Å². The van der Waals surface area contributed by atoms with Gasteiger partial charge < -0.3 is 19.3 Å². The molecule has 1 saturated heterocycles. The van der Waals surface area contributed by atoms with Gasteiger partial charge >= 0.3 is 23.9 Å². The summed E-state index contributed by atoms with van der Waals surface area (Å²) < 4.78 is 16.9. The number of benzene rings is 1. The minimum Gasteiger partial charge on any atom is -0.480 e. The van der Waals surface area contributed by atoms with E-state index < -0.39 is 28.3 Å². The second kappa shape index (κ2) is 17.6. The Balaban J connectivity index is 2.45. The molecular weight excluding hydrogens is 616 g/mol. The van der Waals surface area contributed by atoms with E-state index in [0.29, 0.717) is 52.4 Å². The van der Waals surface area contributed by atoms with Crippen molar-refractivity contribution in [2.75, 3.05) is 72.0 Å². The number of carbonyl (C=O) groups excluding carboxylic acids is 3. The van der Waals surface area contributed by atoms with Crippen LogP contribution in [-0.2, 0) is 39.8 Å². The van der Waals surface area contributed by atoms with Gasteiger partial charge in [-0.25, -0.2) is 0 Å². The fourth-order valence-electron chi connectivity index (χ4n) is 5.49. The van der Waals surface area contributed by atoms with E-state index in [9.17, 15) is 24.3 Å². The van der Waals surface area contributed by atoms with Crippen molar-refractivity contribution in [2.24, 2.45) is 0 Å². The predicted octanol–water partition coefficient (Wildman–Crippen LogP) is 3.32. The summed E-state index contributed by atoms with van der Waals surface area (Å²) in [6.45, 7) is 21.3. The number of aliphatic carboxylic acids is 1. The van der Waals surface area contributed by atoms with Gasteiger partial charge in [0.2, 0.25) is 0 Å². The van der Waals surface area contributed by atoms with Crippen molar-refractivity contribution < 1.29 is 38.5 Å². The number of esters is 3. The Bertz CT molecular complexity index is 1160. The molecule has 1 fully saturated rings. The molecule has 1 aromatic carbocycles. The SMILES string of the molecule is CC(C)(C)OC(=O)CN1CCN(CC(=O)OC(C)(C)C)CCN(C(C)(Cc2ccccc2)C(=O)O)CCN(CC(=O)OC(C)(C)C)CC1. The first kappa shape index (κ1) is 41.1. The molecule has 2 rings (SSSR count). The Morgan fingerprint density at radius 1 is 0.562 bits per heavy atom. The zero-order chi connectivity index (χ0) is 36.3. The fourth-order valence-corrected chi connectivity index (χ4v) is 5.49. The highest BCUT2D eigenvalue weighted by atomic mass is 16.6. The Labute approximate surface area is 287 Å². The van der Waals surface area contributed by atoms with Gasteiger partial charge in [0.1, 0.15) is 22.3 Å². The van der Waals surface area contributed by atoms with Crippen molar-refractivity contribution >= 4 is 23.9 Å². The van der Waals surface area contributed by atoms with Gasteiger partial charge in [-0.3, -0.25) is 38.8 Å². The number of carboxylic acids is 1. The van der Waals surface area contributed by atoms with Crippen LogP contribution in [0.5, 0.6) is 0 Å². The number of hydrogen-bond acceptors (Lipinski definition) is 11. The third-order valence-electron chi connectivity index (χ3n) is 7.71. The third-order valence-corrected chi connectivity index (χ3v) is 7.71. The number of nitrogens with zero attached hydrogens (tertiary/aromatic N) is 4. The average Bonchev–Trinajstić information content (AvgIpc) is 2.90. The maximum atomic E-state index is 13.0. The van der Waals surface area contributed by atoms with Crippen molar-refractivity contribution in [1.29, 1.82) is 0 Å². The molecular formula is C36H60N4O8. The molecule has 0 spiro atoms. The summed E-state index contributed by atoms with van der Waals surface area (Å²) in [7, 11) is 0. The van der Waals surface area contributed by atoms with Gasteiger partial charge in [0.05, 0.1) is 19.6 Å². The monoisotopic (exact) mass is 676 g/mol. The van der Waals surface area contributed by atoms with Crippen LogP contribution < -0.4 is 0 Å². The second-order valence-electron chi connectivity index (χ2n) is 15.8. The van der Waals surface area contributed by atoms with E-state index in [1.54, 1.807) is 6.92 Å². The van der Waals surface area contributed by atoms with Crippen molar-refractivity contribution in [2.45, 2.75) is 98.0 Å². The third kappa shape index (κ3) is 15.9. The van der Waals surface area contributed by atoms with Gasteiger partial charge in [-0.1, -0.05) is 30.3 Å². The van der Waals surface area contributed by atoms with E-state index in [-0.39, 0.29) is 44.0 Å². The summed E-state index contributed by atoms with van der Waals surface area (Å²) in [6, 6.07) is 9.51. The molecule has 1 N–H and O–H groups in total. The molecule has 1 aliphatic heterocycles. The second-order valence-corrected chi connectivity index (χ2v) is 15.8. The van der Waals surface area contributed by atoms with E-state index in [2.05, 4.69) is 0 Å². The van der Waals surface area contributed by atoms with E-state index in [1.165, 1.54) is 0 Å². The Kier molecular flexibility index (Phi) is 15.0. The zero-order valence-electron chi connectivity index (χ0n) is 31.0. The van der Waals surface area contributed by atoms with Crippen LogP contribution in [0.4, 0.5) is 0 Å². The maximum Gasteiger partial charge on any atom is 0.324 e. The molecule has 1 aliphatic rings. The van der Waals surface area contributed by atoms with Gasteiger partial charge in [0.25, 0.3) is 0 Å². The summed E-state index contributed by atoms with van der Waals surface area (Å²) >= 11 is 0. The molecule has 1 atom stereocenters. The lowest BCUT2D eigenvalue weighted by Crippen LogP contribution is -2.58. The molecule has 1 heterocycles. The van der Waals surface area contributed by atoms with E-state index >= 15 is 0 Å². The Hall–Kier alpha value is -3.06. The van der Waals surface area contributed by atoms with Gasteiger partial charge in [0, 0.05) is 58.8 Å². The molecule has 272 valence electrons. The van der Waals surface area contributed by atoms with Gasteiger partial charge in [0.15, 0.2) is 0 Å². The maximum absolute atomic E-state index is 13.0. The van der Waals surface area contributed by atoms with Crippen molar-refractivity contribution in [3.8, 4) is 0 Å². The number of ether oxygens (including phenoxy) is 3. The summed E-state index contributed by atoms with van der Waals surface area (Å²) in [5, 5.41) is 10.6. The first-order valence-corrected chi connectivity index (χ1v) is 16.9. The Morgan fingerprint density at radius 2 is 0.875 bits per heavy atom. The lowest BCUT2D eigenvalue weighted by atomic mass is 9.90. The highest BCUT2D eigenvalue weighted by Crippen LogP contribution is 2.23. The summed E-state index contributed by atoms with van der Waals surface area (Å²) in [5.74, 6) is -2.09. The van der Waals surface area contributed by atoms with Crippen LogP contribution in [-0.4, -0.2) is 143 Å². The van der Waals surface area contributed by atoms with Crippen LogP contribution in [0.2, 0.25) is 0 Å². The highest BCUT2D eigenvalue weighted by molar-refractivity contribution is 5.79. The van der Waals surface area contributed by atoms with Crippen LogP contribution in [0, 0.1) is 0 Å².